The van der Waals surface area contributed by atoms with Crippen LogP contribution in [0.1, 0.15) is 30.6 Å². The van der Waals surface area contributed by atoms with Gasteiger partial charge in [-0.1, -0.05) is 18.5 Å². The molecule has 1 atom stereocenters. The summed E-state index contributed by atoms with van der Waals surface area (Å²) in [5, 5.41) is 3.33. The molecule has 0 aromatic heterocycles. The molecule has 1 rings (SSSR count). The minimum absolute atomic E-state index is 0.144. The number of nitrogen functional groups attached to an aromatic ring is 1. The van der Waals surface area contributed by atoms with E-state index in [1.807, 2.05) is 18.7 Å². The summed E-state index contributed by atoms with van der Waals surface area (Å²) < 4.78 is 0. The van der Waals surface area contributed by atoms with E-state index in [0.717, 1.165) is 17.9 Å². The fourth-order valence-corrected chi connectivity index (χ4v) is 2.58. The maximum atomic E-state index is 12.0. The van der Waals surface area contributed by atoms with Crippen molar-refractivity contribution in [3.63, 3.8) is 0 Å². The summed E-state index contributed by atoms with van der Waals surface area (Å²) in [7, 11) is 0. The lowest BCUT2D eigenvalue weighted by Crippen LogP contribution is -2.33. The van der Waals surface area contributed by atoms with Crippen molar-refractivity contribution in [3.8, 4) is 0 Å². The van der Waals surface area contributed by atoms with Crippen LogP contribution in [0.25, 0.3) is 0 Å². The predicted molar refractivity (Wildman–Crippen MR) is 80.4 cm³/mol. The number of carbonyl (C=O) groups is 1. The Kier molecular flexibility index (Phi) is 6.36. The smallest absolute Gasteiger partial charge is 0.253 e. The zero-order valence-electron chi connectivity index (χ0n) is 10.7. The number of hydrogen-bond donors (Lipinski definition) is 2. The number of rotatable bonds is 6. The van der Waals surface area contributed by atoms with Crippen molar-refractivity contribution in [1.82, 2.24) is 5.32 Å². The molecule has 18 heavy (non-hydrogen) atoms. The van der Waals surface area contributed by atoms with Crippen LogP contribution in [-0.2, 0) is 0 Å². The van der Waals surface area contributed by atoms with Crippen molar-refractivity contribution in [2.75, 3.05) is 17.2 Å². The maximum absolute atomic E-state index is 12.0. The second-order valence-corrected chi connectivity index (χ2v) is 5.90. The molecule has 1 aromatic carbocycles. The van der Waals surface area contributed by atoms with Gasteiger partial charge in [-0.05, 0) is 43.0 Å². The van der Waals surface area contributed by atoms with Crippen LogP contribution in [0.2, 0.25) is 5.02 Å². The molecule has 0 aliphatic carbocycles. The van der Waals surface area contributed by atoms with Gasteiger partial charge in [-0.3, -0.25) is 4.79 Å². The van der Waals surface area contributed by atoms with Gasteiger partial charge in [-0.2, -0.15) is 11.8 Å². The molecule has 1 unspecified atom stereocenters. The molecule has 3 N–H and O–H groups in total. The third-order valence-corrected chi connectivity index (χ3v) is 3.76. The maximum Gasteiger partial charge on any atom is 0.253 e. The molecule has 1 amide bonds. The summed E-state index contributed by atoms with van der Waals surface area (Å²) in [6, 6.07) is 5.07. The highest BCUT2D eigenvalue weighted by molar-refractivity contribution is 7.99. The Labute approximate surface area is 117 Å². The largest absolute Gasteiger partial charge is 0.399 e. The van der Waals surface area contributed by atoms with Gasteiger partial charge in [-0.15, -0.1) is 0 Å². The van der Waals surface area contributed by atoms with Crippen molar-refractivity contribution in [1.29, 1.82) is 0 Å². The molecule has 0 saturated carbocycles. The van der Waals surface area contributed by atoms with Crippen molar-refractivity contribution < 1.29 is 4.79 Å². The summed E-state index contributed by atoms with van der Waals surface area (Å²) in [6.07, 6.45) is 0.955. The van der Waals surface area contributed by atoms with Gasteiger partial charge in [0.2, 0.25) is 0 Å². The Balaban J connectivity index is 2.54. The first-order chi connectivity index (χ1) is 8.54. The molecule has 3 nitrogen and oxygen atoms in total. The molecule has 0 aliphatic rings. The SMILES string of the molecule is CCSCCC(C)NC(=O)c1ccc(N)cc1Cl. The number of hydrogen-bond acceptors (Lipinski definition) is 3. The summed E-state index contributed by atoms with van der Waals surface area (Å²) in [6.45, 7) is 4.13. The number of thioether (sulfide) groups is 1. The van der Waals surface area contributed by atoms with Crippen LogP contribution in [-0.4, -0.2) is 23.5 Å². The highest BCUT2D eigenvalue weighted by Gasteiger charge is 2.12. The van der Waals surface area contributed by atoms with Gasteiger partial charge in [0.25, 0.3) is 5.91 Å². The minimum atomic E-state index is -0.144. The number of amides is 1. The van der Waals surface area contributed by atoms with Crippen LogP contribution in [0.5, 0.6) is 0 Å². The zero-order chi connectivity index (χ0) is 13.5. The molecular weight excluding hydrogens is 268 g/mol. The molecule has 1 aromatic rings. The molecule has 0 radical (unpaired) electrons. The molecule has 5 heteroatoms. The number of halogens is 1. The average Bonchev–Trinajstić information content (AvgIpc) is 2.28. The van der Waals surface area contributed by atoms with Crippen LogP contribution in [0, 0.1) is 0 Å². The van der Waals surface area contributed by atoms with E-state index in [4.69, 9.17) is 17.3 Å². The van der Waals surface area contributed by atoms with Gasteiger partial charge in [-0.25, -0.2) is 0 Å². The van der Waals surface area contributed by atoms with E-state index in [2.05, 4.69) is 12.2 Å². The summed E-state index contributed by atoms with van der Waals surface area (Å²) in [5.41, 5.74) is 6.62. The van der Waals surface area contributed by atoms with E-state index in [9.17, 15) is 4.79 Å². The summed E-state index contributed by atoms with van der Waals surface area (Å²) in [4.78, 5) is 12.0. The molecule has 0 fully saturated rings. The van der Waals surface area contributed by atoms with Gasteiger partial charge in [0.15, 0.2) is 0 Å². The van der Waals surface area contributed by atoms with E-state index in [-0.39, 0.29) is 11.9 Å². The molecule has 0 aliphatic heterocycles. The second kappa shape index (κ2) is 7.54. The average molecular weight is 287 g/mol. The minimum Gasteiger partial charge on any atom is -0.399 e. The standard InChI is InChI=1S/C13H19ClN2OS/c1-3-18-7-6-9(2)16-13(17)11-5-4-10(15)8-12(11)14/h4-5,8-9H,3,6-7,15H2,1-2H3,(H,16,17). The Bertz CT molecular complexity index is 412. The molecule has 100 valence electrons. The number of nitrogens with two attached hydrogens (primary N) is 1. The van der Waals surface area contributed by atoms with E-state index in [1.54, 1.807) is 18.2 Å². The molecule has 0 bridgehead atoms. The third-order valence-electron chi connectivity index (χ3n) is 2.51. The van der Waals surface area contributed by atoms with Crippen molar-refractivity contribution in [3.05, 3.63) is 28.8 Å². The van der Waals surface area contributed by atoms with E-state index in [1.165, 1.54) is 0 Å². The first-order valence-electron chi connectivity index (χ1n) is 5.98. The number of carbonyl (C=O) groups excluding carboxylic acids is 1. The van der Waals surface area contributed by atoms with Crippen LogP contribution in [0.3, 0.4) is 0 Å². The Morgan fingerprint density at radius 2 is 2.28 bits per heavy atom. The summed E-state index contributed by atoms with van der Waals surface area (Å²) in [5.74, 6) is 2.01. The van der Waals surface area contributed by atoms with Gasteiger partial charge in [0, 0.05) is 11.7 Å². The normalized spacial score (nSPS) is 12.2. The van der Waals surface area contributed by atoms with Gasteiger partial charge >= 0.3 is 0 Å². The zero-order valence-corrected chi connectivity index (χ0v) is 12.3. The lowest BCUT2D eigenvalue weighted by Gasteiger charge is -2.14. The van der Waals surface area contributed by atoms with Crippen molar-refractivity contribution >= 4 is 35.0 Å². The van der Waals surface area contributed by atoms with Gasteiger partial charge < -0.3 is 11.1 Å². The van der Waals surface area contributed by atoms with Crippen molar-refractivity contribution in [2.24, 2.45) is 0 Å². The van der Waals surface area contributed by atoms with Crippen LogP contribution in [0.4, 0.5) is 5.69 Å². The Hall–Kier alpha value is -0.870. The third kappa shape index (κ3) is 4.78. The Morgan fingerprint density at radius 3 is 2.89 bits per heavy atom. The molecule has 0 spiro atoms. The molecule has 0 heterocycles. The summed E-state index contributed by atoms with van der Waals surface area (Å²) >= 11 is 7.86. The fourth-order valence-electron chi connectivity index (χ4n) is 1.49. The number of benzene rings is 1. The molecular formula is C13H19ClN2OS. The van der Waals surface area contributed by atoms with E-state index in [0.29, 0.717) is 16.3 Å². The first-order valence-corrected chi connectivity index (χ1v) is 7.51. The van der Waals surface area contributed by atoms with Crippen molar-refractivity contribution in [2.45, 2.75) is 26.3 Å². The van der Waals surface area contributed by atoms with Gasteiger partial charge in [0.1, 0.15) is 0 Å². The lowest BCUT2D eigenvalue weighted by atomic mass is 10.1. The number of anilines is 1. The first kappa shape index (κ1) is 15.2. The molecule has 0 saturated heterocycles. The van der Waals surface area contributed by atoms with Crippen LogP contribution in [0.15, 0.2) is 18.2 Å². The Morgan fingerprint density at radius 1 is 1.56 bits per heavy atom. The lowest BCUT2D eigenvalue weighted by molar-refractivity contribution is 0.0939. The fraction of sp³-hybridized carbons (Fsp3) is 0.462. The van der Waals surface area contributed by atoms with E-state index >= 15 is 0 Å². The van der Waals surface area contributed by atoms with Gasteiger partial charge in [0.05, 0.1) is 10.6 Å². The topological polar surface area (TPSA) is 55.1 Å². The predicted octanol–water partition coefficient (Wildman–Crippen LogP) is 3.18. The van der Waals surface area contributed by atoms with E-state index < -0.39 is 0 Å². The quantitative estimate of drug-likeness (QED) is 0.624. The highest BCUT2D eigenvalue weighted by atomic mass is 35.5. The van der Waals surface area contributed by atoms with Crippen LogP contribution >= 0.6 is 23.4 Å². The highest BCUT2D eigenvalue weighted by Crippen LogP contribution is 2.19. The second-order valence-electron chi connectivity index (χ2n) is 4.10. The van der Waals surface area contributed by atoms with Crippen LogP contribution < -0.4 is 11.1 Å². The number of nitrogens with one attached hydrogen (secondary N) is 1. The monoisotopic (exact) mass is 286 g/mol.